The Morgan fingerprint density at radius 1 is 1.32 bits per heavy atom. The summed E-state index contributed by atoms with van der Waals surface area (Å²) in [4.78, 5) is 19.1. The molecule has 1 atom stereocenters. The fourth-order valence-electron chi connectivity index (χ4n) is 3.29. The highest BCUT2D eigenvalue weighted by Gasteiger charge is 2.34. The smallest absolute Gasteiger partial charge is 0.249 e. The maximum absolute atomic E-state index is 12.7. The van der Waals surface area contributed by atoms with Gasteiger partial charge in [0.25, 0.3) is 0 Å². The number of carbonyl (C=O) groups is 1. The van der Waals surface area contributed by atoms with Crippen molar-refractivity contribution in [1.82, 2.24) is 24.8 Å². The van der Waals surface area contributed by atoms with Crippen molar-refractivity contribution in [3.63, 3.8) is 0 Å². The van der Waals surface area contributed by atoms with Crippen LogP contribution in [0.4, 0.5) is 0 Å². The minimum Gasteiger partial charge on any atom is -0.337 e. The molecule has 3 heterocycles. The number of aryl methyl sites for hydroxylation is 2. The summed E-state index contributed by atoms with van der Waals surface area (Å²) in [6.07, 6.45) is 2.28. The number of carbonyl (C=O) groups excluding carboxylic acids is 1. The lowest BCUT2D eigenvalue weighted by molar-refractivity contribution is -0.132. The van der Waals surface area contributed by atoms with E-state index in [0.29, 0.717) is 24.7 Å². The number of amides is 1. The van der Waals surface area contributed by atoms with Gasteiger partial charge in [-0.15, -0.1) is 0 Å². The fourth-order valence-corrected chi connectivity index (χ4v) is 3.29. The minimum atomic E-state index is -0.0882. The molecule has 1 aliphatic heterocycles. The summed E-state index contributed by atoms with van der Waals surface area (Å²) in [7, 11) is 0. The lowest BCUT2D eigenvalue weighted by Crippen LogP contribution is -2.31. The summed E-state index contributed by atoms with van der Waals surface area (Å²) in [5.74, 6) is 1.61. The maximum Gasteiger partial charge on any atom is 0.249 e. The minimum absolute atomic E-state index is 0.0882. The lowest BCUT2D eigenvalue weighted by atomic mass is 10.2. The normalized spacial score (nSPS) is 17.7. The van der Waals surface area contributed by atoms with Gasteiger partial charge in [-0.3, -0.25) is 9.48 Å². The predicted octanol–water partition coefficient (Wildman–Crippen LogP) is 3.07. The van der Waals surface area contributed by atoms with E-state index in [4.69, 9.17) is 4.52 Å². The fraction of sp³-hybridized carbons (Fsp3) is 0.667. The first kappa shape index (κ1) is 17.6. The third-order valence-electron chi connectivity index (χ3n) is 5.11. The number of rotatable bonds is 5. The van der Waals surface area contributed by atoms with Gasteiger partial charge in [0.05, 0.1) is 5.69 Å². The molecular formula is C18H27N5O2. The van der Waals surface area contributed by atoms with Crippen molar-refractivity contribution in [2.45, 2.75) is 72.4 Å². The third kappa shape index (κ3) is 3.45. The van der Waals surface area contributed by atoms with E-state index < -0.39 is 0 Å². The average molecular weight is 345 g/mol. The molecular weight excluding hydrogens is 318 g/mol. The number of likely N-dealkylation sites (tertiary alicyclic amines) is 1. The molecule has 0 N–H and O–H groups in total. The molecule has 2 aromatic heterocycles. The molecule has 0 bridgehead atoms. The van der Waals surface area contributed by atoms with E-state index in [2.05, 4.69) is 22.2 Å². The topological polar surface area (TPSA) is 77.1 Å². The van der Waals surface area contributed by atoms with Crippen LogP contribution in [-0.2, 0) is 11.3 Å². The third-order valence-corrected chi connectivity index (χ3v) is 5.11. The summed E-state index contributed by atoms with van der Waals surface area (Å²) in [6, 6.07) is -0.0882. The van der Waals surface area contributed by atoms with E-state index in [9.17, 15) is 4.79 Å². The van der Waals surface area contributed by atoms with Crippen molar-refractivity contribution in [1.29, 1.82) is 0 Å². The van der Waals surface area contributed by atoms with Gasteiger partial charge >= 0.3 is 0 Å². The van der Waals surface area contributed by atoms with Crippen LogP contribution >= 0.6 is 0 Å². The van der Waals surface area contributed by atoms with Crippen LogP contribution in [0, 0.1) is 20.8 Å². The second-order valence-electron chi connectivity index (χ2n) is 7.16. The molecule has 0 spiro atoms. The molecule has 0 aromatic carbocycles. The van der Waals surface area contributed by atoms with Crippen LogP contribution in [0.3, 0.4) is 0 Å². The Morgan fingerprint density at radius 2 is 2.08 bits per heavy atom. The Balaban J connectivity index is 1.67. The number of hydrogen-bond acceptors (Lipinski definition) is 5. The zero-order chi connectivity index (χ0) is 18.1. The monoisotopic (exact) mass is 345 g/mol. The highest BCUT2D eigenvalue weighted by Crippen LogP contribution is 2.32. The Bertz CT molecular complexity index is 762. The molecule has 3 rings (SSSR count). The van der Waals surface area contributed by atoms with Gasteiger partial charge in [0.15, 0.2) is 5.82 Å². The van der Waals surface area contributed by atoms with Crippen LogP contribution in [0.5, 0.6) is 0 Å². The standard InChI is InChI=1S/C18H27N5O2/c1-11(2)17-19-18(25-21-17)15-7-6-9-22(15)16(24)8-10-23-14(5)12(3)13(4)20-23/h11,15H,6-10H2,1-5H3/t15-/m1/s1. The molecule has 0 radical (unpaired) electrons. The molecule has 0 saturated carbocycles. The van der Waals surface area contributed by atoms with Gasteiger partial charge in [-0.2, -0.15) is 10.1 Å². The van der Waals surface area contributed by atoms with Crippen LogP contribution in [0.1, 0.15) is 73.7 Å². The van der Waals surface area contributed by atoms with E-state index in [1.54, 1.807) is 0 Å². The molecule has 25 heavy (non-hydrogen) atoms. The first-order chi connectivity index (χ1) is 11.9. The van der Waals surface area contributed by atoms with Crippen molar-refractivity contribution in [3.05, 3.63) is 28.7 Å². The van der Waals surface area contributed by atoms with Gasteiger partial charge < -0.3 is 9.42 Å². The molecule has 7 heteroatoms. The lowest BCUT2D eigenvalue weighted by Gasteiger charge is -2.22. The van der Waals surface area contributed by atoms with Gasteiger partial charge in [0.1, 0.15) is 6.04 Å². The highest BCUT2D eigenvalue weighted by atomic mass is 16.5. The summed E-state index contributed by atoms with van der Waals surface area (Å²) >= 11 is 0. The molecule has 7 nitrogen and oxygen atoms in total. The van der Waals surface area contributed by atoms with Gasteiger partial charge in [-0.05, 0) is 39.2 Å². The Labute approximate surface area is 148 Å². The summed E-state index contributed by atoms with van der Waals surface area (Å²) < 4.78 is 7.35. The Hall–Kier alpha value is -2.18. The molecule has 136 valence electrons. The van der Waals surface area contributed by atoms with E-state index in [1.807, 2.05) is 37.3 Å². The summed E-state index contributed by atoms with van der Waals surface area (Å²) in [5.41, 5.74) is 3.34. The number of nitrogens with zero attached hydrogens (tertiary/aromatic N) is 5. The number of aromatic nitrogens is 4. The second-order valence-corrected chi connectivity index (χ2v) is 7.16. The van der Waals surface area contributed by atoms with E-state index in [-0.39, 0.29) is 17.9 Å². The molecule has 0 unspecified atom stereocenters. The highest BCUT2D eigenvalue weighted by molar-refractivity contribution is 5.76. The maximum atomic E-state index is 12.7. The SMILES string of the molecule is Cc1nn(CCC(=O)N2CCC[C@@H]2c2nc(C(C)C)no2)c(C)c1C. The van der Waals surface area contributed by atoms with Crippen LogP contribution in [0.2, 0.25) is 0 Å². The van der Waals surface area contributed by atoms with Crippen molar-refractivity contribution in [2.24, 2.45) is 0 Å². The van der Waals surface area contributed by atoms with Crippen molar-refractivity contribution in [3.8, 4) is 0 Å². The van der Waals surface area contributed by atoms with Gasteiger partial charge in [-0.25, -0.2) is 0 Å². The molecule has 1 saturated heterocycles. The number of hydrogen-bond donors (Lipinski definition) is 0. The van der Waals surface area contributed by atoms with Crippen molar-refractivity contribution < 1.29 is 9.32 Å². The van der Waals surface area contributed by atoms with Crippen LogP contribution in [0.15, 0.2) is 4.52 Å². The molecule has 1 fully saturated rings. The summed E-state index contributed by atoms with van der Waals surface area (Å²) in [5, 5.41) is 8.55. The molecule has 2 aromatic rings. The first-order valence-electron chi connectivity index (χ1n) is 9.02. The quantitative estimate of drug-likeness (QED) is 0.832. The van der Waals surface area contributed by atoms with Gasteiger partial charge in [0, 0.05) is 31.1 Å². The van der Waals surface area contributed by atoms with Crippen LogP contribution < -0.4 is 0 Å². The molecule has 1 amide bonds. The Morgan fingerprint density at radius 3 is 2.68 bits per heavy atom. The van der Waals surface area contributed by atoms with Crippen LogP contribution in [-0.4, -0.2) is 37.3 Å². The second kappa shape index (κ2) is 6.98. The van der Waals surface area contributed by atoms with Gasteiger partial charge in [0.2, 0.25) is 11.8 Å². The first-order valence-corrected chi connectivity index (χ1v) is 9.02. The van der Waals surface area contributed by atoms with E-state index >= 15 is 0 Å². The molecule has 0 aliphatic carbocycles. The van der Waals surface area contributed by atoms with E-state index in [1.165, 1.54) is 5.56 Å². The van der Waals surface area contributed by atoms with Crippen LogP contribution in [0.25, 0.3) is 0 Å². The van der Waals surface area contributed by atoms with Crippen molar-refractivity contribution >= 4 is 5.91 Å². The summed E-state index contributed by atoms with van der Waals surface area (Å²) in [6.45, 7) is 11.5. The average Bonchev–Trinajstić information content (AvgIpc) is 3.28. The van der Waals surface area contributed by atoms with E-state index in [0.717, 1.165) is 30.8 Å². The largest absolute Gasteiger partial charge is 0.337 e. The predicted molar refractivity (Wildman–Crippen MR) is 93.1 cm³/mol. The van der Waals surface area contributed by atoms with Crippen molar-refractivity contribution in [2.75, 3.05) is 6.54 Å². The zero-order valence-corrected chi connectivity index (χ0v) is 15.7. The Kier molecular flexibility index (Phi) is 4.92. The molecule has 1 aliphatic rings. The zero-order valence-electron chi connectivity index (χ0n) is 15.7. The van der Waals surface area contributed by atoms with Gasteiger partial charge in [-0.1, -0.05) is 19.0 Å².